The molecule has 0 saturated heterocycles. The zero-order valence-corrected chi connectivity index (χ0v) is 11.7. The minimum absolute atomic E-state index is 0.270. The first-order chi connectivity index (χ1) is 10.2. The fourth-order valence-electron chi connectivity index (χ4n) is 2.45. The molecule has 0 radical (unpaired) electrons. The van der Waals surface area contributed by atoms with Crippen LogP contribution in [0.5, 0.6) is 0 Å². The maximum atomic E-state index is 11.2. The normalized spacial score (nSPS) is 11.1. The number of fused-ring (bicyclic) bond motifs is 1. The highest BCUT2D eigenvalue weighted by atomic mass is 16.4. The summed E-state index contributed by atoms with van der Waals surface area (Å²) in [6.07, 6.45) is 3.46. The monoisotopic (exact) mass is 284 g/mol. The summed E-state index contributed by atoms with van der Waals surface area (Å²) in [4.78, 5) is 15.8. The second kappa shape index (κ2) is 5.44. The molecule has 0 unspecified atom stereocenters. The maximum Gasteiger partial charge on any atom is 0.335 e. The first kappa shape index (κ1) is 13.4. The third kappa shape index (κ3) is 2.54. The van der Waals surface area contributed by atoms with Crippen molar-refractivity contribution in [2.75, 3.05) is 0 Å². The molecule has 2 heterocycles. The number of carbonyl (C=O) groups is 1. The van der Waals surface area contributed by atoms with E-state index in [9.17, 15) is 4.79 Å². The van der Waals surface area contributed by atoms with Gasteiger partial charge in [0.05, 0.1) is 29.4 Å². The minimum Gasteiger partial charge on any atom is -0.478 e. The van der Waals surface area contributed by atoms with Gasteiger partial charge in [-0.2, -0.15) is 0 Å². The van der Waals surface area contributed by atoms with E-state index in [0.717, 1.165) is 35.5 Å². The maximum absolute atomic E-state index is 11.2. The molecule has 0 amide bonds. The van der Waals surface area contributed by atoms with Crippen molar-refractivity contribution in [1.82, 2.24) is 9.55 Å². The molecule has 0 bridgehead atoms. The van der Waals surface area contributed by atoms with Gasteiger partial charge in [-0.3, -0.25) is 0 Å². The molecule has 5 heteroatoms. The molecule has 0 atom stereocenters. The number of rotatable bonds is 5. The van der Waals surface area contributed by atoms with Crippen molar-refractivity contribution in [1.29, 1.82) is 0 Å². The smallest absolute Gasteiger partial charge is 0.335 e. The third-order valence-corrected chi connectivity index (χ3v) is 3.44. The van der Waals surface area contributed by atoms with E-state index in [1.54, 1.807) is 24.5 Å². The molecule has 0 spiro atoms. The predicted octanol–water partition coefficient (Wildman–Crippen LogP) is 3.33. The number of carboxylic acid groups (broad SMARTS) is 1. The van der Waals surface area contributed by atoms with Gasteiger partial charge in [0, 0.05) is 6.42 Å². The molecule has 0 aliphatic rings. The zero-order valence-electron chi connectivity index (χ0n) is 11.7. The largest absolute Gasteiger partial charge is 0.478 e. The fourth-order valence-corrected chi connectivity index (χ4v) is 2.45. The summed E-state index contributed by atoms with van der Waals surface area (Å²) in [6, 6.07) is 8.77. The molecule has 1 aromatic carbocycles. The Bertz CT molecular complexity index is 772. The number of carboxylic acids is 1. The van der Waals surface area contributed by atoms with Gasteiger partial charge in [0.15, 0.2) is 0 Å². The van der Waals surface area contributed by atoms with Crippen LogP contribution < -0.4 is 0 Å². The molecule has 108 valence electrons. The number of aromatic carboxylic acids is 1. The van der Waals surface area contributed by atoms with Gasteiger partial charge in [-0.1, -0.05) is 6.92 Å². The number of aromatic nitrogens is 2. The van der Waals surface area contributed by atoms with Gasteiger partial charge in [0.1, 0.15) is 11.6 Å². The van der Waals surface area contributed by atoms with Crippen LogP contribution in [0.15, 0.2) is 41.0 Å². The van der Waals surface area contributed by atoms with Gasteiger partial charge in [0.2, 0.25) is 0 Å². The number of hydrogen-bond donors (Lipinski definition) is 1. The fraction of sp³-hybridized carbons (Fsp3) is 0.250. The second-order valence-electron chi connectivity index (χ2n) is 4.95. The van der Waals surface area contributed by atoms with E-state index in [1.165, 1.54) is 0 Å². The molecule has 5 nitrogen and oxygen atoms in total. The van der Waals surface area contributed by atoms with Crippen LogP contribution in [0.3, 0.4) is 0 Å². The lowest BCUT2D eigenvalue weighted by molar-refractivity contribution is 0.0697. The Labute approximate surface area is 121 Å². The molecule has 2 aromatic heterocycles. The predicted molar refractivity (Wildman–Crippen MR) is 78.5 cm³/mol. The van der Waals surface area contributed by atoms with Crippen molar-refractivity contribution < 1.29 is 14.3 Å². The number of nitrogens with zero attached hydrogens (tertiary/aromatic N) is 2. The lowest BCUT2D eigenvalue weighted by Crippen LogP contribution is -2.05. The Morgan fingerprint density at radius 1 is 1.38 bits per heavy atom. The van der Waals surface area contributed by atoms with Crippen LogP contribution >= 0.6 is 0 Å². The van der Waals surface area contributed by atoms with Gasteiger partial charge in [0.25, 0.3) is 0 Å². The summed E-state index contributed by atoms with van der Waals surface area (Å²) < 4.78 is 7.43. The minimum atomic E-state index is -0.931. The quantitative estimate of drug-likeness (QED) is 0.780. The highest BCUT2D eigenvalue weighted by Gasteiger charge is 2.14. The van der Waals surface area contributed by atoms with Crippen molar-refractivity contribution in [2.45, 2.75) is 26.3 Å². The molecule has 3 rings (SSSR count). The molecule has 0 saturated carbocycles. The molecule has 0 fully saturated rings. The lowest BCUT2D eigenvalue weighted by Gasteiger charge is -2.07. The van der Waals surface area contributed by atoms with Gasteiger partial charge < -0.3 is 14.1 Å². The Morgan fingerprint density at radius 2 is 2.24 bits per heavy atom. The van der Waals surface area contributed by atoms with Crippen molar-refractivity contribution in [3.63, 3.8) is 0 Å². The first-order valence-corrected chi connectivity index (χ1v) is 6.94. The summed E-state index contributed by atoms with van der Waals surface area (Å²) in [5, 5.41) is 9.15. The molecular formula is C16H16N2O3. The van der Waals surface area contributed by atoms with Crippen LogP contribution in [-0.2, 0) is 13.0 Å². The Hall–Kier alpha value is -2.56. The molecule has 1 N–H and O–H groups in total. The molecular weight excluding hydrogens is 268 g/mol. The van der Waals surface area contributed by atoms with Crippen molar-refractivity contribution >= 4 is 17.0 Å². The summed E-state index contributed by atoms with van der Waals surface area (Å²) in [7, 11) is 0. The van der Waals surface area contributed by atoms with Crippen LogP contribution in [0, 0.1) is 0 Å². The van der Waals surface area contributed by atoms with Crippen LogP contribution in [0.25, 0.3) is 11.0 Å². The lowest BCUT2D eigenvalue weighted by atomic mass is 10.2. The summed E-state index contributed by atoms with van der Waals surface area (Å²) in [6.45, 7) is 2.65. The van der Waals surface area contributed by atoms with Gasteiger partial charge in [-0.15, -0.1) is 0 Å². The van der Waals surface area contributed by atoms with Crippen molar-refractivity contribution in [2.24, 2.45) is 0 Å². The van der Waals surface area contributed by atoms with Crippen molar-refractivity contribution in [3.05, 3.63) is 53.7 Å². The Kier molecular flexibility index (Phi) is 3.48. The number of imidazole rings is 1. The molecule has 0 aliphatic heterocycles. The van der Waals surface area contributed by atoms with Crippen LogP contribution in [-0.4, -0.2) is 20.6 Å². The first-order valence-electron chi connectivity index (χ1n) is 6.94. The van der Waals surface area contributed by atoms with Gasteiger partial charge in [-0.25, -0.2) is 9.78 Å². The van der Waals surface area contributed by atoms with E-state index in [0.29, 0.717) is 6.54 Å². The van der Waals surface area contributed by atoms with Crippen LogP contribution in [0.2, 0.25) is 0 Å². The standard InChI is InChI=1S/C16H16N2O3/c1-2-4-15-17-13-7-6-11(16(19)20)9-14(13)18(15)10-12-5-3-8-21-12/h3,5-9H,2,4,10H2,1H3,(H,19,20). The SMILES string of the molecule is CCCc1nc2ccc(C(=O)O)cc2n1Cc1ccco1. The van der Waals surface area contributed by atoms with Crippen LogP contribution in [0.1, 0.15) is 35.3 Å². The average Bonchev–Trinajstić information content (AvgIpc) is 3.08. The zero-order chi connectivity index (χ0) is 14.8. The van der Waals surface area contributed by atoms with E-state index in [-0.39, 0.29) is 5.56 Å². The summed E-state index contributed by atoms with van der Waals surface area (Å²) in [5.74, 6) is 0.846. The number of benzene rings is 1. The third-order valence-electron chi connectivity index (χ3n) is 3.44. The van der Waals surface area contributed by atoms with E-state index in [1.807, 2.05) is 16.7 Å². The summed E-state index contributed by atoms with van der Waals surface area (Å²) in [5.41, 5.74) is 1.91. The topological polar surface area (TPSA) is 68.3 Å². The van der Waals surface area contributed by atoms with E-state index >= 15 is 0 Å². The molecule has 21 heavy (non-hydrogen) atoms. The van der Waals surface area contributed by atoms with E-state index < -0.39 is 5.97 Å². The molecule has 0 aliphatic carbocycles. The summed E-state index contributed by atoms with van der Waals surface area (Å²) >= 11 is 0. The van der Waals surface area contributed by atoms with E-state index in [2.05, 4.69) is 11.9 Å². The molecule has 3 aromatic rings. The number of hydrogen-bond acceptors (Lipinski definition) is 3. The number of furan rings is 1. The second-order valence-corrected chi connectivity index (χ2v) is 4.95. The van der Waals surface area contributed by atoms with Crippen molar-refractivity contribution in [3.8, 4) is 0 Å². The Morgan fingerprint density at radius 3 is 2.90 bits per heavy atom. The average molecular weight is 284 g/mol. The van der Waals surface area contributed by atoms with Crippen LogP contribution in [0.4, 0.5) is 0 Å². The van der Waals surface area contributed by atoms with E-state index in [4.69, 9.17) is 9.52 Å². The number of aryl methyl sites for hydroxylation is 1. The van der Waals surface area contributed by atoms with Gasteiger partial charge in [-0.05, 0) is 36.8 Å². The van der Waals surface area contributed by atoms with Gasteiger partial charge >= 0.3 is 5.97 Å². The highest BCUT2D eigenvalue weighted by Crippen LogP contribution is 2.21. The Balaban J connectivity index is 2.13. The highest BCUT2D eigenvalue weighted by molar-refractivity contribution is 5.92.